The Morgan fingerprint density at radius 3 is 2.79 bits per heavy atom. The molecule has 0 radical (unpaired) electrons. The molecule has 2 bridgehead atoms. The molecule has 3 aliphatic heterocycles. The van der Waals surface area contributed by atoms with Crippen molar-refractivity contribution in [2.24, 2.45) is 18.7 Å². The van der Waals surface area contributed by atoms with Gasteiger partial charge in [0.25, 0.3) is 0 Å². The van der Waals surface area contributed by atoms with Crippen molar-refractivity contribution in [1.29, 1.82) is 0 Å². The summed E-state index contributed by atoms with van der Waals surface area (Å²) < 4.78 is 1.66. The summed E-state index contributed by atoms with van der Waals surface area (Å²) in [6.07, 6.45) is 5.82. The van der Waals surface area contributed by atoms with Gasteiger partial charge in [0.05, 0.1) is 6.20 Å². The predicted octanol–water partition coefficient (Wildman–Crippen LogP) is -0.370. The van der Waals surface area contributed by atoms with Gasteiger partial charge in [-0.1, -0.05) is 0 Å². The molecular weight excluding hydrogens is 242 g/mol. The first-order valence-corrected chi connectivity index (χ1v) is 6.90. The number of amides is 1. The third kappa shape index (κ3) is 2.50. The van der Waals surface area contributed by atoms with Crippen LogP contribution in [0.3, 0.4) is 0 Å². The van der Waals surface area contributed by atoms with Crippen LogP contribution >= 0.6 is 0 Å². The topological polar surface area (TPSA) is 76.2 Å². The van der Waals surface area contributed by atoms with Crippen LogP contribution in [-0.4, -0.2) is 46.3 Å². The summed E-state index contributed by atoms with van der Waals surface area (Å²) in [6, 6.07) is -0.359. The van der Waals surface area contributed by atoms with Gasteiger partial charge in [-0.3, -0.25) is 9.48 Å². The lowest BCUT2D eigenvalue weighted by Crippen LogP contribution is -2.58. The van der Waals surface area contributed by atoms with Crippen molar-refractivity contribution in [2.45, 2.75) is 24.9 Å². The van der Waals surface area contributed by atoms with Crippen molar-refractivity contribution < 1.29 is 4.79 Å². The van der Waals surface area contributed by atoms with E-state index in [2.05, 4.69) is 15.3 Å². The molecule has 3 saturated heterocycles. The van der Waals surface area contributed by atoms with E-state index in [1.54, 1.807) is 17.1 Å². The molecule has 4 heterocycles. The molecule has 0 aromatic carbocycles. The Morgan fingerprint density at radius 1 is 1.53 bits per heavy atom. The monoisotopic (exact) mass is 263 g/mol. The highest BCUT2D eigenvalue weighted by Crippen LogP contribution is 2.27. The maximum Gasteiger partial charge on any atom is 0.241 e. The highest BCUT2D eigenvalue weighted by molar-refractivity contribution is 5.83. The van der Waals surface area contributed by atoms with Gasteiger partial charge in [-0.15, -0.1) is 0 Å². The molecule has 104 valence electrons. The summed E-state index contributed by atoms with van der Waals surface area (Å²) in [7, 11) is 1.82. The van der Waals surface area contributed by atoms with Crippen LogP contribution in [0.1, 0.15) is 24.4 Å². The summed E-state index contributed by atoms with van der Waals surface area (Å²) >= 11 is 0. The van der Waals surface area contributed by atoms with Gasteiger partial charge in [0, 0.05) is 31.4 Å². The highest BCUT2D eigenvalue weighted by atomic mass is 16.2. The van der Waals surface area contributed by atoms with Crippen LogP contribution in [0, 0.1) is 5.92 Å². The van der Waals surface area contributed by atoms with Crippen molar-refractivity contribution in [3.05, 3.63) is 18.0 Å². The van der Waals surface area contributed by atoms with E-state index >= 15 is 0 Å². The molecule has 0 spiro atoms. The van der Waals surface area contributed by atoms with Gasteiger partial charge in [-0.05, 0) is 31.8 Å². The van der Waals surface area contributed by atoms with E-state index < -0.39 is 6.04 Å². The van der Waals surface area contributed by atoms with Crippen LogP contribution in [0.4, 0.5) is 0 Å². The first-order valence-electron chi connectivity index (χ1n) is 6.90. The third-order valence-electron chi connectivity index (χ3n) is 4.35. The van der Waals surface area contributed by atoms with E-state index in [0.717, 1.165) is 12.1 Å². The van der Waals surface area contributed by atoms with Crippen molar-refractivity contribution >= 4 is 5.91 Å². The number of aryl methyl sites for hydroxylation is 1. The summed E-state index contributed by atoms with van der Waals surface area (Å²) in [5.74, 6) is 0.529. The molecule has 2 atom stereocenters. The Hall–Kier alpha value is -1.40. The van der Waals surface area contributed by atoms with Gasteiger partial charge in [-0.2, -0.15) is 5.10 Å². The second kappa shape index (κ2) is 4.94. The molecule has 1 aromatic heterocycles. The number of nitrogens with one attached hydrogen (secondary N) is 1. The maximum absolute atomic E-state index is 12.2. The fourth-order valence-electron chi connectivity index (χ4n) is 3.15. The minimum atomic E-state index is -0.621. The normalized spacial score (nSPS) is 31.2. The molecule has 3 fully saturated rings. The summed E-state index contributed by atoms with van der Waals surface area (Å²) in [4.78, 5) is 14.6. The zero-order chi connectivity index (χ0) is 13.4. The molecule has 1 aromatic rings. The number of nitrogens with two attached hydrogens (primary N) is 1. The maximum atomic E-state index is 12.2. The summed E-state index contributed by atoms with van der Waals surface area (Å²) in [5, 5.41) is 7.17. The smallest absolute Gasteiger partial charge is 0.241 e. The highest BCUT2D eigenvalue weighted by Gasteiger charge is 2.35. The standard InChI is InChI=1S/C13H21N5O/c1-17-7-10(6-15-17)12(14)13(19)16-11-8-18-4-2-9(11)3-5-18/h6-7,9,11-12H,2-5,8,14H2,1H3,(H,16,19). The van der Waals surface area contributed by atoms with Crippen LogP contribution < -0.4 is 11.1 Å². The average molecular weight is 263 g/mol. The van der Waals surface area contributed by atoms with Crippen LogP contribution in [0.2, 0.25) is 0 Å². The van der Waals surface area contributed by atoms with Crippen LogP contribution in [0.15, 0.2) is 12.4 Å². The lowest BCUT2D eigenvalue weighted by molar-refractivity contribution is -0.124. The van der Waals surface area contributed by atoms with Gasteiger partial charge in [0.2, 0.25) is 5.91 Å². The Labute approximate surface area is 112 Å². The molecule has 2 unspecified atom stereocenters. The zero-order valence-corrected chi connectivity index (χ0v) is 11.2. The Bertz CT molecular complexity index is 463. The number of carbonyl (C=O) groups excluding carboxylic acids is 1. The van der Waals surface area contributed by atoms with Crippen LogP contribution in [0.5, 0.6) is 0 Å². The number of piperidine rings is 3. The first kappa shape index (κ1) is 12.6. The van der Waals surface area contributed by atoms with E-state index in [1.807, 2.05) is 7.05 Å². The second-order valence-electron chi connectivity index (χ2n) is 5.68. The number of carbonyl (C=O) groups is 1. The Kier molecular flexibility index (Phi) is 3.28. The van der Waals surface area contributed by atoms with E-state index in [-0.39, 0.29) is 11.9 Å². The van der Waals surface area contributed by atoms with Gasteiger partial charge in [-0.25, -0.2) is 0 Å². The van der Waals surface area contributed by atoms with Crippen molar-refractivity contribution in [2.75, 3.05) is 19.6 Å². The molecule has 3 N–H and O–H groups in total. The first-order chi connectivity index (χ1) is 9.13. The van der Waals surface area contributed by atoms with Gasteiger partial charge >= 0.3 is 0 Å². The van der Waals surface area contributed by atoms with Gasteiger partial charge in [0.1, 0.15) is 6.04 Å². The van der Waals surface area contributed by atoms with Crippen molar-refractivity contribution in [3.8, 4) is 0 Å². The number of nitrogens with zero attached hydrogens (tertiary/aromatic N) is 3. The molecule has 0 saturated carbocycles. The minimum absolute atomic E-state index is 0.0910. The van der Waals surface area contributed by atoms with E-state index in [9.17, 15) is 4.79 Å². The fraction of sp³-hybridized carbons (Fsp3) is 0.692. The summed E-state index contributed by atoms with van der Waals surface area (Å²) in [5.41, 5.74) is 6.75. The number of hydrogen-bond donors (Lipinski definition) is 2. The van der Waals surface area contributed by atoms with Gasteiger partial charge < -0.3 is 16.0 Å². The third-order valence-corrected chi connectivity index (χ3v) is 4.35. The van der Waals surface area contributed by atoms with E-state index in [4.69, 9.17) is 5.73 Å². The minimum Gasteiger partial charge on any atom is -0.350 e. The molecule has 19 heavy (non-hydrogen) atoms. The van der Waals surface area contributed by atoms with E-state index in [0.29, 0.717) is 5.92 Å². The zero-order valence-electron chi connectivity index (χ0n) is 11.2. The van der Waals surface area contributed by atoms with Gasteiger partial charge in [0.15, 0.2) is 0 Å². The molecule has 1 amide bonds. The molecule has 4 rings (SSSR count). The molecule has 6 heteroatoms. The molecule has 0 aliphatic carbocycles. The fourth-order valence-corrected chi connectivity index (χ4v) is 3.15. The number of hydrogen-bond acceptors (Lipinski definition) is 4. The second-order valence-corrected chi connectivity index (χ2v) is 5.68. The summed E-state index contributed by atoms with van der Waals surface area (Å²) in [6.45, 7) is 3.31. The SMILES string of the molecule is Cn1cc(C(N)C(=O)NC2CN3CCC2CC3)cn1. The largest absolute Gasteiger partial charge is 0.350 e. The Morgan fingerprint density at radius 2 is 2.26 bits per heavy atom. The number of rotatable bonds is 3. The Balaban J connectivity index is 1.62. The number of fused-ring (bicyclic) bond motifs is 3. The van der Waals surface area contributed by atoms with Crippen molar-refractivity contribution in [1.82, 2.24) is 20.0 Å². The average Bonchev–Trinajstić information content (AvgIpc) is 2.86. The van der Waals surface area contributed by atoms with E-state index in [1.165, 1.54) is 25.9 Å². The lowest BCUT2D eigenvalue weighted by Gasteiger charge is -2.45. The predicted molar refractivity (Wildman–Crippen MR) is 71.2 cm³/mol. The number of aromatic nitrogens is 2. The quantitative estimate of drug-likeness (QED) is 0.780. The molecule has 6 nitrogen and oxygen atoms in total. The molecular formula is C13H21N5O. The van der Waals surface area contributed by atoms with Crippen LogP contribution in [0.25, 0.3) is 0 Å². The van der Waals surface area contributed by atoms with Crippen molar-refractivity contribution in [3.63, 3.8) is 0 Å². The van der Waals surface area contributed by atoms with Crippen LogP contribution in [-0.2, 0) is 11.8 Å². The molecule has 3 aliphatic rings. The lowest BCUT2D eigenvalue weighted by atomic mass is 9.84.